The molecule has 46 heteroatoms. The molecule has 0 aliphatic carbocycles. The fourth-order valence-electron chi connectivity index (χ4n) is 10.5. The molecule has 0 bridgehead atoms. The summed E-state index contributed by atoms with van der Waals surface area (Å²) in [5, 5.41) is 27.3. The molecule has 0 fully saturated rings. The SMILES string of the molecule is CN(C(=O)NCc1cccc(F)c1F)[C@@H](CCCO)COC(=O)Nc1cc2ccccc2cn1.CN(Cc1cccc(F)c1F)[C@@H](CCCOP(=O)([O-])[O-])COC(=O)Nc1cc2ccccc2cn1.COP(=O)(Cl)OC.COP(=O)(OC)OCCC[C@@H](COC(=O)Nc1cc2ccccc2cn1)N(C)C(=O)NCc1cccc(F)c1F.S.S.S.[Na+].[Na+]. The predicted molar refractivity (Wildman–Crippen MR) is 447 cm³/mol. The van der Waals surface area contributed by atoms with Gasteiger partial charge in [0.15, 0.2) is 34.9 Å². The number of phosphoric ester groups is 2. The number of hydrogen-bond acceptors (Lipinski definition) is 24. The van der Waals surface area contributed by atoms with Crippen molar-refractivity contribution in [3.05, 3.63) is 216 Å². The summed E-state index contributed by atoms with van der Waals surface area (Å²) in [6.07, 6.45) is 4.22. The molecule has 0 saturated carbocycles. The fourth-order valence-corrected chi connectivity index (χ4v) is 11.7. The van der Waals surface area contributed by atoms with Crippen LogP contribution < -0.4 is 95.5 Å². The van der Waals surface area contributed by atoms with Gasteiger partial charge in [-0.1, -0.05) is 109 Å². The smallest absolute Gasteiger partial charge is 0.790 e. The summed E-state index contributed by atoms with van der Waals surface area (Å²) in [4.78, 5) is 101. The van der Waals surface area contributed by atoms with Crippen molar-refractivity contribution in [1.29, 1.82) is 0 Å². The number of pyridine rings is 3. The van der Waals surface area contributed by atoms with Gasteiger partial charge >= 0.3 is 104 Å². The summed E-state index contributed by atoms with van der Waals surface area (Å²) in [5.74, 6) is -5.18. The minimum atomic E-state index is -5.11. The van der Waals surface area contributed by atoms with Gasteiger partial charge in [0.05, 0.1) is 33.1 Å². The van der Waals surface area contributed by atoms with Gasteiger partial charge in [-0.2, -0.15) is 40.5 Å². The standard InChI is InChI=1S/C26H31F2N4O7P.C24H26F2N4O4.C23H26F2N3O6P.C2H6ClO3P.2Na.3H2S/c1-32(25(33)30-16-20-10-6-12-22(27)24(20)28)21(11-7-13-39-40(35,36-2)37-3)17-38-26(34)31-23-14-18-8-4-5-9-19(18)15-29-23;1-30(23(32)28-14-18-8-4-10-20(25)22(18)26)19(9-5-11-31)15-34-24(33)29-21-12-16-6-2-3-7-17(16)13-27-21;1-28(14-18-8-4-10-20(24)22(18)25)19(9-5-11-34-35(30,31)32)15-33-23(29)27-21-12-16-6-2-3-7-17(16)13-26-21;1-5-7(3,4)6-2;;;;;/h4-6,8-10,12,14-15,21H,7,11,13,16-17H2,1-3H3,(H,30,33)(H,29,31,34);2-4,6-8,10,12-13,19,31H,5,9,11,14-15H2,1H3,(H,28,32)(H,27,29,33);2-4,6-8,10,12-13,19H,5,9,11,14-15H2,1H3,(H,26,27,29)(H2,30,31,32);1-2H3;;;3*1H2/q;;;;2*+1;;;/p-2/t21-;2*19-;;;;;;/m000....../s1. The van der Waals surface area contributed by atoms with Gasteiger partial charge in [-0.05, 0) is 98.1 Å². The van der Waals surface area contributed by atoms with Crippen LogP contribution in [0.1, 0.15) is 55.2 Å². The van der Waals surface area contributed by atoms with Gasteiger partial charge < -0.3 is 67.7 Å². The van der Waals surface area contributed by atoms with Crippen LogP contribution in [-0.2, 0) is 74.7 Å². The summed E-state index contributed by atoms with van der Waals surface area (Å²) < 4.78 is 159. The average molecular weight is 1850 g/mol. The zero-order valence-electron chi connectivity index (χ0n) is 67.3. The summed E-state index contributed by atoms with van der Waals surface area (Å²) >= 11 is 5.02. The van der Waals surface area contributed by atoms with Gasteiger partial charge in [0, 0.05) is 137 Å². The van der Waals surface area contributed by atoms with Crippen LogP contribution in [0.4, 0.5) is 67.8 Å². The van der Waals surface area contributed by atoms with E-state index in [0.717, 1.165) is 50.5 Å². The number of phosphoric acid groups is 2. The van der Waals surface area contributed by atoms with E-state index in [9.17, 15) is 78.9 Å². The Morgan fingerprint density at radius 1 is 0.463 bits per heavy atom. The third kappa shape index (κ3) is 39.5. The number of aliphatic hydroxyl groups is 1. The molecular weight excluding hydrogens is 1760 g/mol. The van der Waals surface area contributed by atoms with Gasteiger partial charge in [0.25, 0.3) is 0 Å². The van der Waals surface area contributed by atoms with E-state index in [1.54, 1.807) is 48.7 Å². The van der Waals surface area contributed by atoms with Crippen molar-refractivity contribution in [3.8, 4) is 0 Å². The third-order valence-electron chi connectivity index (χ3n) is 17.0. The van der Waals surface area contributed by atoms with Crippen molar-refractivity contribution in [2.75, 3.05) is 105 Å². The van der Waals surface area contributed by atoms with E-state index in [0.29, 0.717) is 18.7 Å². The first-order chi connectivity index (χ1) is 55.3. The molecule has 31 nitrogen and oxygen atoms in total. The van der Waals surface area contributed by atoms with Crippen LogP contribution in [0.2, 0.25) is 0 Å². The Bertz CT molecular complexity index is 4890. The minimum absolute atomic E-state index is 0. The number of halogens is 7. The summed E-state index contributed by atoms with van der Waals surface area (Å²) in [6.45, 7) is -4.67. The Labute approximate surface area is 765 Å². The molecule has 0 aliphatic heterocycles. The zero-order valence-corrected chi connectivity index (χ0v) is 77.7. The second-order valence-corrected chi connectivity index (χ2v) is 30.7. The monoisotopic (exact) mass is 1850 g/mol. The summed E-state index contributed by atoms with van der Waals surface area (Å²) in [6, 6.07) is 35.9. The first kappa shape index (κ1) is 112. The van der Waals surface area contributed by atoms with Crippen LogP contribution in [-0.4, -0.2) is 172 Å². The van der Waals surface area contributed by atoms with E-state index in [1.165, 1.54) is 88.7 Å². The molecule has 9 aromatic rings. The van der Waals surface area contributed by atoms with E-state index in [4.69, 9.17) is 39.0 Å². The quantitative estimate of drug-likeness (QED) is 0.00711. The van der Waals surface area contributed by atoms with Gasteiger partial charge in [-0.25, -0.2) is 74.4 Å². The van der Waals surface area contributed by atoms with E-state index in [-0.39, 0.29) is 213 Å². The second-order valence-electron chi connectivity index (χ2n) is 24.8. The molecule has 0 radical (unpaired) electrons. The number of hydrogen-bond donors (Lipinski definition) is 6. The van der Waals surface area contributed by atoms with E-state index in [2.05, 4.69) is 55.1 Å². The van der Waals surface area contributed by atoms with Gasteiger partial charge in [-0.15, -0.1) is 0 Å². The molecule has 652 valence electrons. The van der Waals surface area contributed by atoms with Crippen molar-refractivity contribution in [2.45, 2.75) is 76.3 Å². The van der Waals surface area contributed by atoms with Gasteiger partial charge in [0.2, 0.25) is 0 Å². The minimum Gasteiger partial charge on any atom is -0.790 e. The maximum atomic E-state index is 14.1. The number of rotatable bonds is 35. The third-order valence-corrected chi connectivity index (χ3v) is 20.6. The summed E-state index contributed by atoms with van der Waals surface area (Å²) in [7, 11) is 0.583. The molecule has 3 aromatic heterocycles. The van der Waals surface area contributed by atoms with Crippen LogP contribution in [0.5, 0.6) is 0 Å². The molecule has 9 rings (SSSR count). The van der Waals surface area contributed by atoms with E-state index >= 15 is 0 Å². The molecule has 6 N–H and O–H groups in total. The van der Waals surface area contributed by atoms with E-state index < -0.39 is 106 Å². The maximum absolute atomic E-state index is 14.1. The maximum Gasteiger partial charge on any atom is 1.00 e. The molecule has 0 aliphatic rings. The fraction of sp³-hybridized carbons (Fsp3) is 0.333. The number of amides is 7. The Hall–Kier alpha value is -6.89. The number of anilines is 3. The molecule has 0 unspecified atom stereocenters. The number of nitrogens with zero attached hydrogens (tertiary/aromatic N) is 6. The van der Waals surface area contributed by atoms with Crippen LogP contribution >= 0.6 is 74.3 Å². The normalized spacial score (nSPS) is 11.6. The molecular formula is C75H93ClF6N11Na2O20P3S3. The second kappa shape index (κ2) is 57.6. The van der Waals surface area contributed by atoms with Crippen molar-refractivity contribution in [3.63, 3.8) is 0 Å². The van der Waals surface area contributed by atoms with Gasteiger partial charge in [-0.3, -0.25) is 34.4 Å². The molecule has 3 atom stereocenters. The molecule has 7 amide bonds. The topological polar surface area (TPSA) is 395 Å². The molecule has 3 heterocycles. The van der Waals surface area contributed by atoms with Crippen molar-refractivity contribution in [2.24, 2.45) is 0 Å². The molecule has 0 saturated heterocycles. The first-order valence-corrected chi connectivity index (χ1v) is 40.6. The molecule has 0 spiro atoms. The number of benzene rings is 6. The number of urea groups is 2. The van der Waals surface area contributed by atoms with E-state index in [1.807, 2.05) is 72.8 Å². The Balaban J connectivity index is 0.000000856. The average Bonchev–Trinajstić information content (AvgIpc) is 0.843. The van der Waals surface area contributed by atoms with Gasteiger partial charge in [0.1, 0.15) is 37.3 Å². The van der Waals surface area contributed by atoms with Crippen molar-refractivity contribution in [1.82, 2.24) is 40.3 Å². The van der Waals surface area contributed by atoms with Crippen LogP contribution in [0.3, 0.4) is 0 Å². The number of carbonyl (C=O) groups is 5. The summed E-state index contributed by atoms with van der Waals surface area (Å²) in [5.41, 5.74) is 0.0782. The number of fused-ring (bicyclic) bond motifs is 3. The number of carbonyl (C=O) groups excluding carboxylic acids is 5. The number of likely N-dealkylation sites (N-methyl/N-ethyl adjacent to an activating group) is 3. The van der Waals surface area contributed by atoms with Crippen LogP contribution in [0.25, 0.3) is 32.3 Å². The molecule has 6 aromatic carbocycles. The first-order valence-electron chi connectivity index (χ1n) is 35.2. The number of ether oxygens (including phenoxy) is 3. The molecule has 121 heavy (non-hydrogen) atoms. The number of aliphatic hydroxyl groups excluding tert-OH is 1. The Morgan fingerprint density at radius 2 is 0.785 bits per heavy atom. The number of aromatic nitrogens is 3. The predicted octanol–water partition coefficient (Wildman–Crippen LogP) is 8.67. The largest absolute Gasteiger partial charge is 1.00 e. The van der Waals surface area contributed by atoms with Crippen LogP contribution in [0, 0.1) is 34.9 Å². The van der Waals surface area contributed by atoms with Crippen LogP contribution in [0.15, 0.2) is 164 Å². The zero-order chi connectivity index (χ0) is 85.0. The van der Waals surface area contributed by atoms with Crippen molar-refractivity contribution >= 4 is 154 Å². The Morgan fingerprint density at radius 3 is 1.12 bits per heavy atom. The Kier molecular flexibility index (Phi) is 53.4. The van der Waals surface area contributed by atoms with Crippen molar-refractivity contribution < 1.29 is 179 Å². The number of nitrogens with one attached hydrogen (secondary N) is 5.